The first kappa shape index (κ1) is 17.2. The highest BCUT2D eigenvalue weighted by Gasteiger charge is 2.14. The van der Waals surface area contributed by atoms with Crippen molar-refractivity contribution in [1.29, 1.82) is 0 Å². The molecule has 1 aromatic carbocycles. The van der Waals surface area contributed by atoms with E-state index < -0.39 is 5.91 Å². The minimum absolute atomic E-state index is 0.0220. The average Bonchev–Trinajstić information content (AvgIpc) is 3.22. The van der Waals surface area contributed by atoms with Gasteiger partial charge in [-0.1, -0.05) is 31.1 Å². The quantitative estimate of drug-likeness (QED) is 0.659. The van der Waals surface area contributed by atoms with E-state index in [2.05, 4.69) is 45.3 Å². The molecule has 0 saturated carbocycles. The number of rotatable bonds is 6. The number of hydrogen-bond donors (Lipinski definition) is 1. The molecule has 8 heteroatoms. The molecule has 0 spiro atoms. The van der Waals surface area contributed by atoms with E-state index in [1.165, 1.54) is 5.56 Å². The number of benzene rings is 1. The van der Waals surface area contributed by atoms with Crippen LogP contribution in [0.2, 0.25) is 0 Å². The molecule has 0 fully saturated rings. The molecule has 1 amide bonds. The summed E-state index contributed by atoms with van der Waals surface area (Å²) < 4.78 is 16.6. The Morgan fingerprint density at radius 1 is 1.16 bits per heavy atom. The normalized spacial score (nSPS) is 10.9. The highest BCUT2D eigenvalue weighted by molar-refractivity contribution is 9.10. The summed E-state index contributed by atoms with van der Waals surface area (Å²) in [6, 6.07) is 11.0. The largest absolute Gasteiger partial charge is 0.484 e. The van der Waals surface area contributed by atoms with Gasteiger partial charge in [-0.25, -0.2) is 0 Å². The summed E-state index contributed by atoms with van der Waals surface area (Å²) in [4.78, 5) is 11.9. The predicted molar refractivity (Wildman–Crippen MR) is 94.4 cm³/mol. The fourth-order valence-electron chi connectivity index (χ4n) is 2.06. The third-order valence-corrected chi connectivity index (χ3v) is 3.80. The molecular formula is C17H16BrN3O4. The van der Waals surface area contributed by atoms with Crippen LogP contribution in [0, 0.1) is 0 Å². The molecule has 0 unspecified atom stereocenters. The summed E-state index contributed by atoms with van der Waals surface area (Å²) in [6.45, 7) is 4.07. The maximum Gasteiger partial charge on any atom is 0.322 e. The molecule has 0 atom stereocenters. The van der Waals surface area contributed by atoms with Crippen LogP contribution < -0.4 is 10.1 Å². The average molecular weight is 406 g/mol. The van der Waals surface area contributed by atoms with Gasteiger partial charge in [0.2, 0.25) is 0 Å². The van der Waals surface area contributed by atoms with E-state index in [4.69, 9.17) is 13.6 Å². The molecule has 7 nitrogen and oxygen atoms in total. The predicted octanol–water partition coefficient (Wildman–Crippen LogP) is 4.23. The van der Waals surface area contributed by atoms with E-state index in [-0.39, 0.29) is 18.5 Å². The third-order valence-electron chi connectivity index (χ3n) is 3.37. The van der Waals surface area contributed by atoms with Gasteiger partial charge < -0.3 is 13.6 Å². The molecule has 130 valence electrons. The van der Waals surface area contributed by atoms with Crippen LogP contribution in [0.4, 0.5) is 6.01 Å². The summed E-state index contributed by atoms with van der Waals surface area (Å²) in [5.41, 5.74) is 1.21. The number of hydrogen-bond acceptors (Lipinski definition) is 6. The van der Waals surface area contributed by atoms with E-state index >= 15 is 0 Å². The Hall–Kier alpha value is -2.61. The first-order chi connectivity index (χ1) is 12.0. The molecule has 0 aliphatic rings. The number of carbonyl (C=O) groups excluding carboxylic acids is 1. The van der Waals surface area contributed by atoms with Crippen LogP contribution in [-0.4, -0.2) is 22.7 Å². The van der Waals surface area contributed by atoms with Crippen molar-refractivity contribution in [2.75, 3.05) is 11.9 Å². The molecule has 2 heterocycles. The van der Waals surface area contributed by atoms with Gasteiger partial charge in [-0.15, -0.1) is 5.10 Å². The fraction of sp³-hybridized carbons (Fsp3) is 0.235. The summed E-state index contributed by atoms with van der Waals surface area (Å²) in [5.74, 6) is 1.24. The molecule has 0 aliphatic heterocycles. The van der Waals surface area contributed by atoms with E-state index in [1.54, 1.807) is 12.1 Å². The monoisotopic (exact) mass is 405 g/mol. The van der Waals surface area contributed by atoms with E-state index in [0.717, 1.165) is 0 Å². The molecule has 3 rings (SSSR count). The number of ether oxygens (including phenoxy) is 1. The van der Waals surface area contributed by atoms with E-state index in [9.17, 15) is 4.79 Å². The molecule has 3 aromatic rings. The Balaban J connectivity index is 1.53. The van der Waals surface area contributed by atoms with Crippen molar-refractivity contribution < 1.29 is 18.4 Å². The molecular weight excluding hydrogens is 390 g/mol. The summed E-state index contributed by atoms with van der Waals surface area (Å²) >= 11 is 3.19. The second-order valence-electron chi connectivity index (χ2n) is 5.58. The lowest BCUT2D eigenvalue weighted by Gasteiger charge is -2.08. The SMILES string of the molecule is CC(C)c1ccc(OCC(=O)Nc2nnc(-c3ccc(Br)o3)o2)cc1. The number of aromatic nitrogens is 2. The molecule has 0 saturated heterocycles. The lowest BCUT2D eigenvalue weighted by molar-refractivity contribution is -0.118. The van der Waals surface area contributed by atoms with Crippen LogP contribution in [0.15, 0.2) is 49.9 Å². The lowest BCUT2D eigenvalue weighted by atomic mass is 10.0. The number of halogens is 1. The first-order valence-corrected chi connectivity index (χ1v) is 8.42. The van der Waals surface area contributed by atoms with Crippen molar-refractivity contribution in [1.82, 2.24) is 10.2 Å². The van der Waals surface area contributed by atoms with Crippen molar-refractivity contribution in [3.8, 4) is 17.4 Å². The second-order valence-corrected chi connectivity index (χ2v) is 6.36. The number of nitrogens with one attached hydrogen (secondary N) is 1. The van der Waals surface area contributed by atoms with E-state index in [1.807, 2.05) is 24.3 Å². The summed E-state index contributed by atoms with van der Waals surface area (Å²) in [5, 5.41) is 10.0. The topological polar surface area (TPSA) is 90.4 Å². The Morgan fingerprint density at radius 3 is 2.56 bits per heavy atom. The van der Waals surface area contributed by atoms with Crippen molar-refractivity contribution in [3.63, 3.8) is 0 Å². The van der Waals surface area contributed by atoms with Gasteiger partial charge in [0, 0.05) is 0 Å². The Labute approximate surface area is 152 Å². The standard InChI is InChI=1S/C17H16BrN3O4/c1-10(2)11-3-5-12(6-4-11)23-9-15(22)19-17-21-20-16(25-17)13-7-8-14(18)24-13/h3-8,10H,9H2,1-2H3,(H,19,21,22). The van der Waals surface area contributed by atoms with Gasteiger partial charge in [-0.2, -0.15) is 0 Å². The number of nitrogens with zero attached hydrogens (tertiary/aromatic N) is 2. The van der Waals surface area contributed by atoms with Gasteiger partial charge in [-0.3, -0.25) is 10.1 Å². The number of carbonyl (C=O) groups is 1. The smallest absolute Gasteiger partial charge is 0.322 e. The van der Waals surface area contributed by atoms with Gasteiger partial charge in [0.1, 0.15) is 5.75 Å². The van der Waals surface area contributed by atoms with Crippen LogP contribution in [0.3, 0.4) is 0 Å². The van der Waals surface area contributed by atoms with Crippen LogP contribution >= 0.6 is 15.9 Å². The van der Waals surface area contributed by atoms with Crippen LogP contribution in [0.5, 0.6) is 5.75 Å². The molecule has 0 radical (unpaired) electrons. The van der Waals surface area contributed by atoms with Crippen molar-refractivity contribution >= 4 is 27.9 Å². The highest BCUT2D eigenvalue weighted by atomic mass is 79.9. The fourth-order valence-corrected chi connectivity index (χ4v) is 2.36. The molecule has 0 bridgehead atoms. The Kier molecular flexibility index (Phi) is 5.18. The minimum atomic E-state index is -0.399. The Morgan fingerprint density at radius 2 is 1.92 bits per heavy atom. The molecule has 1 N–H and O–H groups in total. The lowest BCUT2D eigenvalue weighted by Crippen LogP contribution is -2.20. The maximum absolute atomic E-state index is 11.9. The van der Waals surface area contributed by atoms with Gasteiger partial charge in [0.15, 0.2) is 17.0 Å². The first-order valence-electron chi connectivity index (χ1n) is 7.63. The molecule has 0 aliphatic carbocycles. The van der Waals surface area contributed by atoms with E-state index in [0.29, 0.717) is 22.1 Å². The minimum Gasteiger partial charge on any atom is -0.484 e. The number of anilines is 1. The maximum atomic E-state index is 11.9. The summed E-state index contributed by atoms with van der Waals surface area (Å²) in [7, 11) is 0. The van der Waals surface area contributed by atoms with Crippen LogP contribution in [0.25, 0.3) is 11.7 Å². The van der Waals surface area contributed by atoms with Gasteiger partial charge in [0.05, 0.1) is 0 Å². The van der Waals surface area contributed by atoms with Crippen LogP contribution in [0.1, 0.15) is 25.3 Å². The zero-order valence-electron chi connectivity index (χ0n) is 13.7. The summed E-state index contributed by atoms with van der Waals surface area (Å²) in [6.07, 6.45) is 0. The highest BCUT2D eigenvalue weighted by Crippen LogP contribution is 2.25. The van der Waals surface area contributed by atoms with Crippen LogP contribution in [-0.2, 0) is 4.79 Å². The van der Waals surface area contributed by atoms with Crippen molar-refractivity contribution in [2.45, 2.75) is 19.8 Å². The molecule has 25 heavy (non-hydrogen) atoms. The molecule has 2 aromatic heterocycles. The van der Waals surface area contributed by atoms with Gasteiger partial charge in [-0.05, 0) is 51.7 Å². The zero-order chi connectivity index (χ0) is 17.8. The number of amides is 1. The van der Waals surface area contributed by atoms with Crippen molar-refractivity contribution in [3.05, 3.63) is 46.6 Å². The third kappa shape index (κ3) is 4.48. The number of furan rings is 1. The van der Waals surface area contributed by atoms with Crippen molar-refractivity contribution in [2.24, 2.45) is 0 Å². The zero-order valence-corrected chi connectivity index (χ0v) is 15.2. The second kappa shape index (κ2) is 7.52. The van der Waals surface area contributed by atoms with Gasteiger partial charge in [0.25, 0.3) is 11.8 Å². The van der Waals surface area contributed by atoms with Gasteiger partial charge >= 0.3 is 6.01 Å². The Bertz CT molecular complexity index is 855.